The van der Waals surface area contributed by atoms with Crippen LogP contribution in [0.2, 0.25) is 5.32 Å². The van der Waals surface area contributed by atoms with Gasteiger partial charge in [0.05, 0.1) is 0 Å². The van der Waals surface area contributed by atoms with E-state index in [1.54, 1.807) is 0 Å². The fraction of sp³-hybridized carbons (Fsp3) is 1.00. The number of rotatable bonds is 11. The Morgan fingerprint density at radius 1 is 0.714 bits per heavy atom. The van der Waals surface area contributed by atoms with Crippen molar-refractivity contribution in [2.24, 2.45) is 0 Å². The third-order valence-corrected chi connectivity index (χ3v) is 5.57. The van der Waals surface area contributed by atoms with Crippen LogP contribution in [-0.2, 0) is 0 Å². The van der Waals surface area contributed by atoms with Gasteiger partial charge in [-0.25, -0.2) is 0 Å². The van der Waals surface area contributed by atoms with E-state index in [1.807, 2.05) is 0 Å². The number of hydrogen-bond acceptors (Lipinski definition) is 0. The van der Waals surface area contributed by atoms with Crippen molar-refractivity contribution in [3.63, 3.8) is 0 Å². The SMILES string of the molecule is CCCCCCCCCCCC[Se][SeH]. The molecule has 0 aromatic heterocycles. The Labute approximate surface area is 104 Å². The Morgan fingerprint density at radius 3 is 1.57 bits per heavy atom. The molecule has 0 aliphatic rings. The summed E-state index contributed by atoms with van der Waals surface area (Å²) in [6, 6.07) is 0. The zero-order chi connectivity index (χ0) is 10.5. The van der Waals surface area contributed by atoms with Crippen molar-refractivity contribution in [2.75, 3.05) is 0 Å². The molecule has 0 nitrogen and oxygen atoms in total. The van der Waals surface area contributed by atoms with Gasteiger partial charge >= 0.3 is 104 Å². The van der Waals surface area contributed by atoms with Gasteiger partial charge in [-0.2, -0.15) is 0 Å². The molecule has 86 valence electrons. The second-order valence-electron chi connectivity index (χ2n) is 4.02. The number of unbranched alkanes of at least 4 members (excludes halogenated alkanes) is 9. The summed E-state index contributed by atoms with van der Waals surface area (Å²) in [5.74, 6) is 0. The van der Waals surface area contributed by atoms with Crippen molar-refractivity contribution in [2.45, 2.75) is 76.5 Å². The van der Waals surface area contributed by atoms with Crippen LogP contribution < -0.4 is 0 Å². The van der Waals surface area contributed by atoms with Crippen LogP contribution in [0.25, 0.3) is 0 Å². The normalized spacial score (nSPS) is 10.7. The van der Waals surface area contributed by atoms with Gasteiger partial charge in [0.1, 0.15) is 0 Å². The molecule has 0 amide bonds. The van der Waals surface area contributed by atoms with E-state index < -0.39 is 0 Å². The van der Waals surface area contributed by atoms with Gasteiger partial charge in [-0.3, -0.25) is 0 Å². The molecule has 0 fully saturated rings. The molecule has 0 aromatic carbocycles. The molecule has 0 unspecified atom stereocenters. The summed E-state index contributed by atoms with van der Waals surface area (Å²) >= 11 is 3.60. The average molecular weight is 328 g/mol. The van der Waals surface area contributed by atoms with E-state index >= 15 is 0 Å². The molecule has 0 aliphatic heterocycles. The topological polar surface area (TPSA) is 0 Å². The summed E-state index contributed by atoms with van der Waals surface area (Å²) in [5, 5.41) is 1.48. The van der Waals surface area contributed by atoms with Crippen LogP contribution in [0.3, 0.4) is 0 Å². The van der Waals surface area contributed by atoms with Crippen molar-refractivity contribution in [1.82, 2.24) is 0 Å². The summed E-state index contributed by atoms with van der Waals surface area (Å²) in [5.41, 5.74) is 0. The molecular formula is C12H26Se2. The molecule has 0 radical (unpaired) electrons. The summed E-state index contributed by atoms with van der Waals surface area (Å²) in [6.07, 6.45) is 14.6. The van der Waals surface area contributed by atoms with E-state index in [2.05, 4.69) is 21.1 Å². The van der Waals surface area contributed by atoms with E-state index in [4.69, 9.17) is 0 Å². The Bertz CT molecular complexity index is 82.3. The van der Waals surface area contributed by atoms with Crippen molar-refractivity contribution in [3.05, 3.63) is 0 Å². The predicted molar refractivity (Wildman–Crippen MR) is 69.6 cm³/mol. The molecule has 14 heavy (non-hydrogen) atoms. The molecule has 0 bridgehead atoms. The monoisotopic (exact) mass is 330 g/mol. The predicted octanol–water partition coefficient (Wildman–Crippen LogP) is 3.85. The first-order chi connectivity index (χ1) is 6.91. The molecule has 0 saturated heterocycles. The van der Waals surface area contributed by atoms with Crippen LogP contribution in [0.4, 0.5) is 0 Å². The first kappa shape index (κ1) is 15.0. The van der Waals surface area contributed by atoms with Crippen molar-refractivity contribution < 1.29 is 0 Å². The van der Waals surface area contributed by atoms with Crippen LogP contribution in [-0.4, -0.2) is 27.3 Å². The first-order valence-corrected chi connectivity index (χ1v) is 12.1. The minimum atomic E-state index is 0.854. The molecule has 0 spiro atoms. The summed E-state index contributed by atoms with van der Waals surface area (Å²) in [4.78, 5) is 0. The molecule has 0 heterocycles. The van der Waals surface area contributed by atoms with Gasteiger partial charge in [-0.1, -0.05) is 0 Å². The molecule has 2 heteroatoms. The third kappa shape index (κ3) is 13.0. The Kier molecular flexibility index (Phi) is 15.1. The summed E-state index contributed by atoms with van der Waals surface area (Å²) in [6.45, 7) is 2.29. The van der Waals surface area contributed by atoms with Crippen LogP contribution in [0.15, 0.2) is 0 Å². The molecular weight excluding hydrogens is 302 g/mol. The molecule has 0 atom stereocenters. The van der Waals surface area contributed by atoms with Crippen molar-refractivity contribution in [1.29, 1.82) is 0 Å². The molecule has 0 saturated carbocycles. The van der Waals surface area contributed by atoms with Crippen LogP contribution in [0.1, 0.15) is 71.1 Å². The maximum atomic E-state index is 2.74. The zero-order valence-corrected chi connectivity index (χ0v) is 13.2. The van der Waals surface area contributed by atoms with E-state index in [0.717, 1.165) is 13.1 Å². The maximum absolute atomic E-state index is 2.74. The molecule has 0 aliphatic carbocycles. The van der Waals surface area contributed by atoms with E-state index in [1.165, 1.54) is 69.5 Å². The van der Waals surface area contributed by atoms with Crippen molar-refractivity contribution in [3.8, 4) is 0 Å². The Morgan fingerprint density at radius 2 is 1.14 bits per heavy atom. The van der Waals surface area contributed by atoms with Gasteiger partial charge in [-0.15, -0.1) is 0 Å². The van der Waals surface area contributed by atoms with Gasteiger partial charge < -0.3 is 0 Å². The first-order valence-electron chi connectivity index (χ1n) is 6.18. The third-order valence-electron chi connectivity index (χ3n) is 2.59. The van der Waals surface area contributed by atoms with Crippen molar-refractivity contribution >= 4 is 27.3 Å². The van der Waals surface area contributed by atoms with Gasteiger partial charge in [0, 0.05) is 0 Å². The van der Waals surface area contributed by atoms with E-state index in [-0.39, 0.29) is 0 Å². The fourth-order valence-corrected chi connectivity index (χ4v) is 3.76. The van der Waals surface area contributed by atoms with Crippen LogP contribution >= 0.6 is 0 Å². The zero-order valence-electron chi connectivity index (χ0n) is 9.63. The fourth-order valence-electron chi connectivity index (χ4n) is 1.65. The Balaban J connectivity index is 2.78. The van der Waals surface area contributed by atoms with Gasteiger partial charge in [-0.05, 0) is 0 Å². The summed E-state index contributed by atoms with van der Waals surface area (Å²) < 4.78 is 0. The standard InChI is InChI=1S/C12H26Se2/c1-2-3-4-5-6-7-8-9-10-11-12-14-13/h13H,2-12H2,1H3. The van der Waals surface area contributed by atoms with Gasteiger partial charge in [0.15, 0.2) is 0 Å². The quantitative estimate of drug-likeness (QED) is 0.399. The molecule has 0 rings (SSSR count). The second-order valence-corrected chi connectivity index (χ2v) is 8.23. The van der Waals surface area contributed by atoms with Crippen LogP contribution in [0, 0.1) is 0 Å². The minimum absolute atomic E-state index is 0.854. The Hall–Kier alpha value is 1.04. The average Bonchev–Trinajstić information content (AvgIpc) is 2.21. The summed E-state index contributed by atoms with van der Waals surface area (Å²) in [7, 11) is 0. The van der Waals surface area contributed by atoms with E-state index in [0.29, 0.717) is 0 Å². The number of hydrogen-bond donors (Lipinski definition) is 0. The molecule has 0 aromatic rings. The van der Waals surface area contributed by atoms with E-state index in [9.17, 15) is 0 Å². The van der Waals surface area contributed by atoms with Crippen LogP contribution in [0.5, 0.6) is 0 Å². The second kappa shape index (κ2) is 14.0. The van der Waals surface area contributed by atoms with Gasteiger partial charge in [0.25, 0.3) is 0 Å². The van der Waals surface area contributed by atoms with Gasteiger partial charge in [0.2, 0.25) is 0 Å². The molecule has 0 N–H and O–H groups in total.